The van der Waals surface area contributed by atoms with Gasteiger partial charge in [-0.3, -0.25) is 4.79 Å². The Morgan fingerprint density at radius 2 is 1.85 bits per heavy atom. The van der Waals surface area contributed by atoms with Crippen LogP contribution in [0.3, 0.4) is 0 Å². The Labute approximate surface area is 127 Å². The third kappa shape index (κ3) is 4.85. The van der Waals surface area contributed by atoms with Crippen LogP contribution in [-0.4, -0.2) is 16.0 Å². The fraction of sp³-hybridized carbons (Fsp3) is 0.312. The Morgan fingerprint density at radius 3 is 2.45 bits per heavy atom. The van der Waals surface area contributed by atoms with E-state index >= 15 is 0 Å². The third-order valence-electron chi connectivity index (χ3n) is 2.80. The van der Waals surface area contributed by atoms with E-state index in [0.29, 0.717) is 4.47 Å². The number of halogens is 1. The van der Waals surface area contributed by atoms with Gasteiger partial charge in [-0.1, -0.05) is 17.2 Å². The zero-order chi connectivity index (χ0) is 15.3. The third-order valence-corrected chi connectivity index (χ3v) is 3.43. The first-order valence-electron chi connectivity index (χ1n) is 6.37. The molecule has 0 radical (unpaired) electrons. The largest absolute Gasteiger partial charge is 0.507 e. The van der Waals surface area contributed by atoms with Crippen molar-refractivity contribution in [1.29, 1.82) is 0 Å². The van der Waals surface area contributed by atoms with Gasteiger partial charge in [0.1, 0.15) is 11.5 Å². The molecule has 1 aromatic rings. The number of hydrogen-bond donors (Lipinski definition) is 2. The van der Waals surface area contributed by atoms with E-state index < -0.39 is 0 Å². The van der Waals surface area contributed by atoms with E-state index in [-0.39, 0.29) is 22.8 Å². The summed E-state index contributed by atoms with van der Waals surface area (Å²) in [5.41, 5.74) is 2.29. The van der Waals surface area contributed by atoms with E-state index in [2.05, 4.69) is 22.0 Å². The number of hydrogen-bond acceptors (Lipinski definition) is 3. The Bertz CT molecular complexity index is 567. The summed E-state index contributed by atoms with van der Waals surface area (Å²) in [6.45, 7) is 5.95. The number of benzene rings is 1. The molecule has 2 N–H and O–H groups in total. The molecule has 0 unspecified atom stereocenters. The number of allylic oxidation sites excluding steroid dienone is 4. The van der Waals surface area contributed by atoms with Crippen LogP contribution in [-0.2, 0) is 0 Å². The average Bonchev–Trinajstić information content (AvgIpc) is 2.33. The van der Waals surface area contributed by atoms with Gasteiger partial charge in [0.05, 0.1) is 10.0 Å². The standard InChI is InChI=1S/C16H19BrO3/c1-10(2)5-4-6-11(3)7-14(18)12-8-16(20)13(17)9-15(12)19/h5,7-9,19-20H,4,6H2,1-3H3. The van der Waals surface area contributed by atoms with E-state index in [9.17, 15) is 15.0 Å². The van der Waals surface area contributed by atoms with Crippen molar-refractivity contribution < 1.29 is 15.0 Å². The van der Waals surface area contributed by atoms with Crippen LogP contribution in [0.1, 0.15) is 44.0 Å². The van der Waals surface area contributed by atoms with Gasteiger partial charge < -0.3 is 10.2 Å². The van der Waals surface area contributed by atoms with Gasteiger partial charge in [0.15, 0.2) is 5.78 Å². The van der Waals surface area contributed by atoms with Crippen molar-refractivity contribution in [2.75, 3.05) is 0 Å². The van der Waals surface area contributed by atoms with E-state index in [1.165, 1.54) is 23.8 Å². The molecule has 0 saturated heterocycles. The maximum atomic E-state index is 12.1. The molecule has 3 nitrogen and oxygen atoms in total. The Morgan fingerprint density at radius 1 is 1.20 bits per heavy atom. The first-order valence-corrected chi connectivity index (χ1v) is 7.17. The summed E-state index contributed by atoms with van der Waals surface area (Å²) in [4.78, 5) is 12.1. The Kier molecular flexibility index (Phi) is 6.02. The van der Waals surface area contributed by atoms with Crippen LogP contribution in [0.25, 0.3) is 0 Å². The summed E-state index contributed by atoms with van der Waals surface area (Å²) in [5, 5.41) is 19.3. The van der Waals surface area contributed by atoms with Gasteiger partial charge in [0.2, 0.25) is 0 Å². The van der Waals surface area contributed by atoms with Crippen LogP contribution in [0.15, 0.2) is 39.9 Å². The van der Waals surface area contributed by atoms with Crippen LogP contribution < -0.4 is 0 Å². The molecular formula is C16H19BrO3. The van der Waals surface area contributed by atoms with Gasteiger partial charge >= 0.3 is 0 Å². The molecule has 0 saturated carbocycles. The minimum Gasteiger partial charge on any atom is -0.507 e. The fourth-order valence-electron chi connectivity index (χ4n) is 1.71. The van der Waals surface area contributed by atoms with Crippen molar-refractivity contribution in [3.8, 4) is 11.5 Å². The van der Waals surface area contributed by atoms with Crippen LogP contribution in [0, 0.1) is 0 Å². The molecular weight excluding hydrogens is 320 g/mol. The highest BCUT2D eigenvalue weighted by molar-refractivity contribution is 9.10. The summed E-state index contributed by atoms with van der Waals surface area (Å²) < 4.78 is 0.357. The molecule has 0 aliphatic carbocycles. The van der Waals surface area contributed by atoms with Crippen LogP contribution in [0.5, 0.6) is 11.5 Å². The molecule has 0 aromatic heterocycles. The quantitative estimate of drug-likeness (QED) is 0.353. The van der Waals surface area contributed by atoms with E-state index in [1.807, 2.05) is 20.8 Å². The minimum absolute atomic E-state index is 0.0678. The van der Waals surface area contributed by atoms with Crippen molar-refractivity contribution in [3.63, 3.8) is 0 Å². The van der Waals surface area contributed by atoms with Gasteiger partial charge in [-0.15, -0.1) is 0 Å². The normalized spacial score (nSPS) is 11.3. The van der Waals surface area contributed by atoms with Crippen molar-refractivity contribution >= 4 is 21.7 Å². The first-order chi connectivity index (χ1) is 9.31. The molecule has 20 heavy (non-hydrogen) atoms. The van der Waals surface area contributed by atoms with Crippen LogP contribution >= 0.6 is 15.9 Å². The number of aromatic hydroxyl groups is 2. The molecule has 0 aliphatic rings. The molecule has 0 amide bonds. The summed E-state index contributed by atoms with van der Waals surface area (Å²) in [6.07, 6.45) is 5.29. The maximum Gasteiger partial charge on any atom is 0.189 e. The highest BCUT2D eigenvalue weighted by Crippen LogP contribution is 2.31. The molecule has 0 fully saturated rings. The van der Waals surface area contributed by atoms with Crippen LogP contribution in [0.4, 0.5) is 0 Å². The second-order valence-electron chi connectivity index (χ2n) is 5.00. The predicted molar refractivity (Wildman–Crippen MR) is 84.2 cm³/mol. The number of carbonyl (C=O) groups is 1. The van der Waals surface area contributed by atoms with E-state index in [4.69, 9.17) is 0 Å². The fourth-order valence-corrected chi connectivity index (χ4v) is 2.04. The zero-order valence-corrected chi connectivity index (χ0v) is 13.5. The van der Waals surface area contributed by atoms with Crippen molar-refractivity contribution in [2.24, 2.45) is 0 Å². The van der Waals surface area contributed by atoms with Gasteiger partial charge in [0, 0.05) is 0 Å². The van der Waals surface area contributed by atoms with E-state index in [0.717, 1.165) is 18.4 Å². The lowest BCUT2D eigenvalue weighted by atomic mass is 10.0. The Balaban J connectivity index is 2.85. The Hall–Kier alpha value is -1.55. The van der Waals surface area contributed by atoms with Crippen molar-refractivity contribution in [2.45, 2.75) is 33.6 Å². The second-order valence-corrected chi connectivity index (χ2v) is 5.85. The number of carbonyl (C=O) groups excluding carboxylic acids is 1. The highest BCUT2D eigenvalue weighted by Gasteiger charge is 2.12. The summed E-state index contributed by atoms with van der Waals surface area (Å²) >= 11 is 3.08. The average molecular weight is 339 g/mol. The predicted octanol–water partition coefficient (Wildman–Crippen LogP) is 4.74. The summed E-state index contributed by atoms with van der Waals surface area (Å²) in [6, 6.07) is 2.58. The molecule has 1 aromatic carbocycles. The van der Waals surface area contributed by atoms with Gasteiger partial charge in [0.25, 0.3) is 0 Å². The molecule has 4 heteroatoms. The highest BCUT2D eigenvalue weighted by atomic mass is 79.9. The molecule has 0 spiro atoms. The van der Waals surface area contributed by atoms with Crippen molar-refractivity contribution in [1.82, 2.24) is 0 Å². The van der Waals surface area contributed by atoms with Gasteiger partial charge in [-0.2, -0.15) is 0 Å². The van der Waals surface area contributed by atoms with Crippen LogP contribution in [0.2, 0.25) is 0 Å². The molecule has 1 rings (SSSR count). The molecule has 0 heterocycles. The number of rotatable bonds is 5. The topological polar surface area (TPSA) is 57.5 Å². The molecule has 0 aliphatic heterocycles. The number of phenolic OH excluding ortho intramolecular Hbond substituents is 2. The molecule has 0 atom stereocenters. The SMILES string of the molecule is CC(C)=CCCC(C)=CC(=O)c1cc(O)c(Br)cc1O. The van der Waals surface area contributed by atoms with Crippen molar-refractivity contribution in [3.05, 3.63) is 45.5 Å². The molecule has 108 valence electrons. The van der Waals surface area contributed by atoms with E-state index in [1.54, 1.807) is 0 Å². The summed E-state index contributed by atoms with van der Waals surface area (Å²) in [5.74, 6) is -0.519. The molecule has 0 bridgehead atoms. The number of phenols is 2. The lowest BCUT2D eigenvalue weighted by Crippen LogP contribution is -1.97. The minimum atomic E-state index is -0.306. The van der Waals surface area contributed by atoms with Gasteiger partial charge in [-0.25, -0.2) is 0 Å². The number of ketones is 1. The first kappa shape index (κ1) is 16.5. The zero-order valence-electron chi connectivity index (χ0n) is 11.9. The summed E-state index contributed by atoms with van der Waals surface area (Å²) in [7, 11) is 0. The van der Waals surface area contributed by atoms with Gasteiger partial charge in [-0.05, 0) is 67.8 Å². The lowest BCUT2D eigenvalue weighted by Gasteiger charge is -2.05. The smallest absolute Gasteiger partial charge is 0.189 e. The lowest BCUT2D eigenvalue weighted by molar-refractivity contribution is 0.104. The maximum absolute atomic E-state index is 12.1. The second kappa shape index (κ2) is 7.29. The monoisotopic (exact) mass is 338 g/mol.